The number of methoxy groups -OCH3 is 1. The van der Waals surface area contributed by atoms with Crippen LogP contribution in [0.25, 0.3) is 6.08 Å². The van der Waals surface area contributed by atoms with Crippen LogP contribution in [0, 0.1) is 17.7 Å². The van der Waals surface area contributed by atoms with Gasteiger partial charge in [-0.1, -0.05) is 19.9 Å². The molecule has 1 heterocycles. The highest BCUT2D eigenvalue weighted by atomic mass is 19.1. The average Bonchev–Trinajstić information content (AvgIpc) is 2.57. The van der Waals surface area contributed by atoms with Crippen LogP contribution < -0.4 is 4.74 Å². The molecule has 1 aromatic rings. The molecule has 1 saturated heterocycles. The molecule has 2 atom stereocenters. The van der Waals surface area contributed by atoms with Crippen molar-refractivity contribution in [1.29, 1.82) is 0 Å². The molecule has 0 radical (unpaired) electrons. The predicted octanol–water partition coefficient (Wildman–Crippen LogP) is 2.90. The van der Waals surface area contributed by atoms with Crippen LogP contribution in [0.1, 0.15) is 25.8 Å². The van der Waals surface area contributed by atoms with Gasteiger partial charge in [-0.2, -0.15) is 0 Å². The number of hydrogen-bond acceptors (Lipinski definition) is 4. The molecule has 0 saturated carbocycles. The van der Waals surface area contributed by atoms with Gasteiger partial charge in [0.2, 0.25) is 0 Å². The van der Waals surface area contributed by atoms with Crippen LogP contribution in [-0.4, -0.2) is 43.6 Å². The molecule has 1 aliphatic heterocycles. The monoisotopic (exact) mass is 349 g/mol. The number of hydrogen-bond donors (Lipinski definition) is 0. The van der Waals surface area contributed by atoms with Crippen LogP contribution in [0.4, 0.5) is 4.39 Å². The first kappa shape index (κ1) is 19.0. The number of carbonyl (C=O) groups excluding carboxylic acids is 2. The Labute approximate surface area is 147 Å². The maximum absolute atomic E-state index is 13.6. The van der Waals surface area contributed by atoms with Crippen LogP contribution in [0.15, 0.2) is 24.3 Å². The van der Waals surface area contributed by atoms with Crippen LogP contribution in [0.5, 0.6) is 5.75 Å². The first-order valence-electron chi connectivity index (χ1n) is 8.35. The van der Waals surface area contributed by atoms with Crippen molar-refractivity contribution in [2.24, 2.45) is 11.8 Å². The van der Waals surface area contributed by atoms with Gasteiger partial charge in [0, 0.05) is 19.2 Å². The lowest BCUT2D eigenvalue weighted by Crippen LogP contribution is -2.44. The van der Waals surface area contributed by atoms with Crippen molar-refractivity contribution in [3.63, 3.8) is 0 Å². The van der Waals surface area contributed by atoms with Crippen molar-refractivity contribution in [2.45, 2.75) is 20.3 Å². The highest BCUT2D eigenvalue weighted by Gasteiger charge is 2.25. The molecule has 0 aliphatic carbocycles. The Balaban J connectivity index is 1.83. The van der Waals surface area contributed by atoms with Gasteiger partial charge in [-0.3, -0.25) is 4.79 Å². The average molecular weight is 349 g/mol. The van der Waals surface area contributed by atoms with E-state index < -0.39 is 11.8 Å². The number of piperidine rings is 1. The number of benzene rings is 1. The molecule has 5 nitrogen and oxygen atoms in total. The van der Waals surface area contributed by atoms with E-state index in [0.29, 0.717) is 30.5 Å². The number of ether oxygens (including phenoxy) is 2. The van der Waals surface area contributed by atoms with Crippen molar-refractivity contribution >= 4 is 18.0 Å². The molecule has 25 heavy (non-hydrogen) atoms. The molecule has 0 spiro atoms. The standard InChI is InChI=1S/C19H24FNO4/c1-13-8-14(2)11-21(10-13)18(22)12-25-19(23)7-5-15-4-6-17(24-3)16(20)9-15/h4-7,9,13-14H,8,10-12H2,1-3H3/b7-5+/t13-,14-/m0/s1. The molecule has 6 heteroatoms. The van der Waals surface area contributed by atoms with Crippen molar-refractivity contribution < 1.29 is 23.5 Å². The maximum Gasteiger partial charge on any atom is 0.331 e. The zero-order valence-electron chi connectivity index (χ0n) is 14.8. The predicted molar refractivity (Wildman–Crippen MR) is 92.5 cm³/mol. The number of likely N-dealkylation sites (tertiary alicyclic amines) is 1. The summed E-state index contributed by atoms with van der Waals surface area (Å²) in [7, 11) is 1.38. The van der Waals surface area contributed by atoms with E-state index in [0.717, 1.165) is 6.42 Å². The van der Waals surface area contributed by atoms with Gasteiger partial charge in [0.25, 0.3) is 5.91 Å². The Morgan fingerprint density at radius 1 is 1.28 bits per heavy atom. The van der Waals surface area contributed by atoms with Gasteiger partial charge in [0.15, 0.2) is 18.2 Å². The third kappa shape index (κ3) is 5.59. The number of esters is 1. The van der Waals surface area contributed by atoms with Gasteiger partial charge in [0.1, 0.15) is 0 Å². The summed E-state index contributed by atoms with van der Waals surface area (Å²) >= 11 is 0. The SMILES string of the molecule is COc1ccc(/C=C/C(=O)OCC(=O)N2C[C@@H](C)C[C@H](C)C2)cc1F. The Kier molecular flexibility index (Phi) is 6.56. The molecule has 2 rings (SSSR count). The first-order valence-corrected chi connectivity index (χ1v) is 8.35. The quantitative estimate of drug-likeness (QED) is 0.606. The molecule has 1 fully saturated rings. The summed E-state index contributed by atoms with van der Waals surface area (Å²) < 4.78 is 23.4. The topological polar surface area (TPSA) is 55.8 Å². The van der Waals surface area contributed by atoms with Crippen molar-refractivity contribution in [2.75, 3.05) is 26.8 Å². The summed E-state index contributed by atoms with van der Waals surface area (Å²) in [5.74, 6) is -0.295. The Hall–Kier alpha value is -2.37. The largest absolute Gasteiger partial charge is 0.494 e. The van der Waals surface area contributed by atoms with Gasteiger partial charge in [0.05, 0.1) is 7.11 Å². The summed E-state index contributed by atoms with van der Waals surface area (Å²) in [6, 6.07) is 4.35. The minimum absolute atomic E-state index is 0.135. The highest BCUT2D eigenvalue weighted by molar-refractivity contribution is 5.89. The van der Waals surface area contributed by atoms with Crippen LogP contribution in [0.3, 0.4) is 0 Å². The van der Waals surface area contributed by atoms with E-state index in [2.05, 4.69) is 13.8 Å². The zero-order valence-corrected chi connectivity index (χ0v) is 14.8. The third-order valence-corrected chi connectivity index (χ3v) is 4.15. The second-order valence-electron chi connectivity index (χ2n) is 6.58. The summed E-state index contributed by atoms with van der Waals surface area (Å²) in [6.45, 7) is 5.33. The second kappa shape index (κ2) is 8.65. The molecular weight excluding hydrogens is 325 g/mol. The fourth-order valence-electron chi connectivity index (χ4n) is 3.09. The van der Waals surface area contributed by atoms with E-state index >= 15 is 0 Å². The summed E-state index contributed by atoms with van der Waals surface area (Å²) in [6.07, 6.45) is 3.71. The second-order valence-corrected chi connectivity index (χ2v) is 6.58. The fourth-order valence-corrected chi connectivity index (χ4v) is 3.09. The number of rotatable bonds is 5. The number of amides is 1. The van der Waals surface area contributed by atoms with E-state index in [1.165, 1.54) is 31.4 Å². The minimum Gasteiger partial charge on any atom is -0.494 e. The Morgan fingerprint density at radius 3 is 2.56 bits per heavy atom. The summed E-state index contributed by atoms with van der Waals surface area (Å²) in [5, 5.41) is 0. The van der Waals surface area contributed by atoms with Crippen molar-refractivity contribution in [1.82, 2.24) is 4.90 Å². The number of halogens is 1. The van der Waals surface area contributed by atoms with Gasteiger partial charge in [-0.05, 0) is 42.0 Å². The van der Waals surface area contributed by atoms with E-state index in [1.54, 1.807) is 11.0 Å². The smallest absolute Gasteiger partial charge is 0.331 e. The first-order chi connectivity index (χ1) is 11.9. The lowest BCUT2D eigenvalue weighted by molar-refractivity contribution is -0.149. The maximum atomic E-state index is 13.6. The lowest BCUT2D eigenvalue weighted by Gasteiger charge is -2.34. The van der Waals surface area contributed by atoms with Gasteiger partial charge >= 0.3 is 5.97 Å². The van der Waals surface area contributed by atoms with Crippen LogP contribution >= 0.6 is 0 Å². The zero-order chi connectivity index (χ0) is 18.4. The summed E-state index contributed by atoms with van der Waals surface area (Å²) in [4.78, 5) is 25.6. The Bertz CT molecular complexity index is 649. The van der Waals surface area contributed by atoms with E-state index in [9.17, 15) is 14.0 Å². The molecular formula is C19H24FNO4. The molecule has 0 unspecified atom stereocenters. The van der Waals surface area contributed by atoms with Crippen molar-refractivity contribution in [3.05, 3.63) is 35.7 Å². The van der Waals surface area contributed by atoms with Crippen molar-refractivity contribution in [3.8, 4) is 5.75 Å². The number of nitrogens with zero attached hydrogens (tertiary/aromatic N) is 1. The minimum atomic E-state index is -0.636. The fraction of sp³-hybridized carbons (Fsp3) is 0.474. The van der Waals surface area contributed by atoms with E-state index in [4.69, 9.17) is 9.47 Å². The van der Waals surface area contributed by atoms with Gasteiger partial charge < -0.3 is 14.4 Å². The van der Waals surface area contributed by atoms with E-state index in [-0.39, 0.29) is 18.3 Å². The molecule has 0 N–H and O–H groups in total. The third-order valence-electron chi connectivity index (χ3n) is 4.15. The molecule has 1 aromatic carbocycles. The van der Waals surface area contributed by atoms with Gasteiger partial charge in [-0.15, -0.1) is 0 Å². The van der Waals surface area contributed by atoms with Crippen LogP contribution in [-0.2, 0) is 14.3 Å². The normalized spacial score (nSPS) is 20.6. The van der Waals surface area contributed by atoms with Gasteiger partial charge in [-0.25, -0.2) is 9.18 Å². The lowest BCUT2D eigenvalue weighted by atomic mass is 9.92. The molecule has 1 amide bonds. The number of carbonyl (C=O) groups is 2. The molecule has 0 aromatic heterocycles. The van der Waals surface area contributed by atoms with E-state index in [1.807, 2.05) is 0 Å². The molecule has 1 aliphatic rings. The molecule has 136 valence electrons. The molecule has 0 bridgehead atoms. The Morgan fingerprint density at radius 2 is 1.96 bits per heavy atom. The summed E-state index contributed by atoms with van der Waals surface area (Å²) in [5.41, 5.74) is 0.500. The van der Waals surface area contributed by atoms with Crippen LogP contribution in [0.2, 0.25) is 0 Å². The highest BCUT2D eigenvalue weighted by Crippen LogP contribution is 2.21.